The van der Waals surface area contributed by atoms with Gasteiger partial charge in [0.15, 0.2) is 11.5 Å². The molecule has 1 aliphatic rings. The lowest BCUT2D eigenvalue weighted by Crippen LogP contribution is -2.47. The van der Waals surface area contributed by atoms with Gasteiger partial charge in [-0.15, -0.1) is 0 Å². The van der Waals surface area contributed by atoms with E-state index >= 15 is 0 Å². The van der Waals surface area contributed by atoms with Gasteiger partial charge in [-0.3, -0.25) is 0 Å². The second-order valence-electron chi connectivity index (χ2n) is 5.76. The van der Waals surface area contributed by atoms with E-state index in [-0.39, 0.29) is 0 Å². The molecule has 0 radical (unpaired) electrons. The molecular formula is C15H18N8. The molecule has 4 rings (SSSR count). The van der Waals surface area contributed by atoms with Gasteiger partial charge in [0.1, 0.15) is 11.8 Å². The average molecular weight is 310 g/mol. The Balaban J connectivity index is 1.55. The molecule has 1 saturated heterocycles. The van der Waals surface area contributed by atoms with E-state index < -0.39 is 0 Å². The Morgan fingerprint density at radius 2 is 1.57 bits per heavy atom. The van der Waals surface area contributed by atoms with E-state index in [9.17, 15) is 0 Å². The van der Waals surface area contributed by atoms with Crippen LogP contribution >= 0.6 is 0 Å². The molecule has 0 unspecified atom stereocenters. The third-order valence-corrected chi connectivity index (χ3v) is 4.12. The Kier molecular flexibility index (Phi) is 3.29. The fourth-order valence-electron chi connectivity index (χ4n) is 2.87. The summed E-state index contributed by atoms with van der Waals surface area (Å²) < 4.78 is 1.97. The fraction of sp³-hybridized carbons (Fsp3) is 0.400. The molecule has 0 amide bonds. The van der Waals surface area contributed by atoms with Gasteiger partial charge in [-0.1, -0.05) is 0 Å². The quantitative estimate of drug-likeness (QED) is 0.692. The number of hydrogen-bond acceptors (Lipinski definition) is 7. The van der Waals surface area contributed by atoms with Crippen molar-refractivity contribution in [2.24, 2.45) is 7.05 Å². The number of rotatable bonds is 2. The molecule has 23 heavy (non-hydrogen) atoms. The van der Waals surface area contributed by atoms with Crippen molar-refractivity contribution < 1.29 is 0 Å². The van der Waals surface area contributed by atoms with Crippen molar-refractivity contribution in [2.45, 2.75) is 6.92 Å². The van der Waals surface area contributed by atoms with Gasteiger partial charge in [-0.05, 0) is 12.5 Å². The van der Waals surface area contributed by atoms with Crippen LogP contribution in [0.2, 0.25) is 0 Å². The smallest absolute Gasteiger partial charge is 0.225 e. The molecule has 3 aromatic heterocycles. The minimum absolute atomic E-state index is 0.738. The minimum Gasteiger partial charge on any atom is -0.351 e. The second-order valence-corrected chi connectivity index (χ2v) is 5.76. The number of anilines is 2. The molecule has 1 aliphatic heterocycles. The summed E-state index contributed by atoms with van der Waals surface area (Å²) in [7, 11) is 1.97. The summed E-state index contributed by atoms with van der Waals surface area (Å²) in [4.78, 5) is 26.3. The van der Waals surface area contributed by atoms with Crippen LogP contribution in [0.5, 0.6) is 0 Å². The van der Waals surface area contributed by atoms with E-state index in [4.69, 9.17) is 0 Å². The fourth-order valence-corrected chi connectivity index (χ4v) is 2.87. The van der Waals surface area contributed by atoms with E-state index in [1.54, 1.807) is 12.7 Å². The third kappa shape index (κ3) is 2.45. The van der Waals surface area contributed by atoms with Crippen molar-refractivity contribution in [2.75, 3.05) is 36.0 Å². The maximum absolute atomic E-state index is 4.48. The maximum Gasteiger partial charge on any atom is 0.225 e. The van der Waals surface area contributed by atoms with Crippen molar-refractivity contribution in [1.82, 2.24) is 29.5 Å². The van der Waals surface area contributed by atoms with Gasteiger partial charge < -0.3 is 14.4 Å². The lowest BCUT2D eigenvalue weighted by molar-refractivity contribution is 0.634. The normalized spacial score (nSPS) is 15.4. The largest absolute Gasteiger partial charge is 0.351 e. The summed E-state index contributed by atoms with van der Waals surface area (Å²) in [6.07, 6.45) is 7.08. The zero-order chi connectivity index (χ0) is 15.8. The predicted molar refractivity (Wildman–Crippen MR) is 87.5 cm³/mol. The molecule has 0 bridgehead atoms. The Morgan fingerprint density at radius 1 is 0.870 bits per heavy atom. The van der Waals surface area contributed by atoms with Gasteiger partial charge in [0.2, 0.25) is 5.95 Å². The summed E-state index contributed by atoms with van der Waals surface area (Å²) in [5.74, 6) is 1.74. The highest BCUT2D eigenvalue weighted by Crippen LogP contribution is 2.23. The third-order valence-electron chi connectivity index (χ3n) is 4.12. The van der Waals surface area contributed by atoms with Crippen LogP contribution in [0.1, 0.15) is 5.56 Å². The van der Waals surface area contributed by atoms with Crippen LogP contribution in [0, 0.1) is 6.92 Å². The molecule has 8 nitrogen and oxygen atoms in total. The van der Waals surface area contributed by atoms with Crippen molar-refractivity contribution in [1.29, 1.82) is 0 Å². The summed E-state index contributed by atoms with van der Waals surface area (Å²) >= 11 is 0. The molecule has 0 atom stereocenters. The Hall–Kier alpha value is -2.77. The molecule has 0 aliphatic carbocycles. The van der Waals surface area contributed by atoms with Crippen molar-refractivity contribution >= 4 is 22.9 Å². The van der Waals surface area contributed by atoms with Crippen LogP contribution < -0.4 is 9.80 Å². The summed E-state index contributed by atoms with van der Waals surface area (Å²) in [5, 5.41) is 0. The SMILES string of the molecule is Cc1cnc(N2CCN(c3ncnc4ncn(C)c34)CC2)nc1. The minimum atomic E-state index is 0.738. The van der Waals surface area contributed by atoms with Gasteiger partial charge in [0, 0.05) is 45.6 Å². The van der Waals surface area contributed by atoms with Crippen LogP contribution in [0.4, 0.5) is 11.8 Å². The number of nitrogens with zero attached hydrogens (tertiary/aromatic N) is 8. The molecular weight excluding hydrogens is 292 g/mol. The molecule has 8 heteroatoms. The van der Waals surface area contributed by atoms with Gasteiger partial charge in [0.25, 0.3) is 0 Å². The van der Waals surface area contributed by atoms with Gasteiger partial charge >= 0.3 is 0 Å². The topological polar surface area (TPSA) is 75.9 Å². The lowest BCUT2D eigenvalue weighted by Gasteiger charge is -2.35. The summed E-state index contributed by atoms with van der Waals surface area (Å²) in [6, 6.07) is 0. The second kappa shape index (κ2) is 5.45. The van der Waals surface area contributed by atoms with E-state index in [1.807, 2.05) is 30.9 Å². The van der Waals surface area contributed by atoms with Gasteiger partial charge in [-0.2, -0.15) is 0 Å². The highest BCUT2D eigenvalue weighted by Gasteiger charge is 2.22. The zero-order valence-corrected chi connectivity index (χ0v) is 13.2. The van der Waals surface area contributed by atoms with Crippen molar-refractivity contribution in [3.05, 3.63) is 30.6 Å². The Morgan fingerprint density at radius 3 is 2.30 bits per heavy atom. The summed E-state index contributed by atoms with van der Waals surface area (Å²) in [6.45, 7) is 5.47. The molecule has 0 N–H and O–H groups in total. The highest BCUT2D eigenvalue weighted by atomic mass is 15.3. The predicted octanol–water partition coefficient (Wildman–Crippen LogP) is 0.788. The molecule has 3 aromatic rings. The van der Waals surface area contributed by atoms with Crippen LogP contribution in [0.15, 0.2) is 25.0 Å². The highest BCUT2D eigenvalue weighted by molar-refractivity contribution is 5.83. The average Bonchev–Trinajstić information content (AvgIpc) is 2.97. The molecule has 0 saturated carbocycles. The van der Waals surface area contributed by atoms with Crippen LogP contribution in [0.3, 0.4) is 0 Å². The number of fused-ring (bicyclic) bond motifs is 1. The molecule has 0 spiro atoms. The number of aryl methyl sites for hydroxylation is 2. The Labute approximate surface area is 133 Å². The standard InChI is InChI=1S/C15H18N8/c1-11-7-16-15(17-8-11)23-5-3-22(4-6-23)14-12-13(18-9-19-14)20-10-21(12)2/h7-10H,3-6H2,1-2H3. The molecule has 0 aromatic carbocycles. The molecule has 4 heterocycles. The van der Waals surface area contributed by atoms with E-state index in [2.05, 4.69) is 34.7 Å². The van der Waals surface area contributed by atoms with E-state index in [0.29, 0.717) is 0 Å². The van der Waals surface area contributed by atoms with E-state index in [0.717, 1.165) is 54.7 Å². The first-order chi connectivity index (χ1) is 11.2. The lowest BCUT2D eigenvalue weighted by atomic mass is 10.3. The first-order valence-corrected chi connectivity index (χ1v) is 7.63. The maximum atomic E-state index is 4.48. The van der Waals surface area contributed by atoms with Crippen LogP contribution in [0.25, 0.3) is 11.2 Å². The first-order valence-electron chi connectivity index (χ1n) is 7.63. The number of aromatic nitrogens is 6. The first kappa shape index (κ1) is 13.9. The van der Waals surface area contributed by atoms with Crippen molar-refractivity contribution in [3.63, 3.8) is 0 Å². The Bertz CT molecular complexity index is 817. The molecule has 1 fully saturated rings. The number of imidazole rings is 1. The monoisotopic (exact) mass is 310 g/mol. The van der Waals surface area contributed by atoms with Crippen molar-refractivity contribution in [3.8, 4) is 0 Å². The van der Waals surface area contributed by atoms with Gasteiger partial charge in [0.05, 0.1) is 6.33 Å². The number of hydrogen-bond donors (Lipinski definition) is 0. The van der Waals surface area contributed by atoms with Crippen LogP contribution in [-0.2, 0) is 7.05 Å². The van der Waals surface area contributed by atoms with Crippen LogP contribution in [-0.4, -0.2) is 55.7 Å². The number of piperazine rings is 1. The van der Waals surface area contributed by atoms with E-state index in [1.165, 1.54) is 0 Å². The zero-order valence-electron chi connectivity index (χ0n) is 13.2. The van der Waals surface area contributed by atoms with Gasteiger partial charge in [-0.25, -0.2) is 24.9 Å². The summed E-state index contributed by atoms with van der Waals surface area (Å²) in [5.41, 5.74) is 2.79. The molecule has 118 valence electrons.